The van der Waals surface area contributed by atoms with Gasteiger partial charge in [0.25, 0.3) is 0 Å². The fraction of sp³-hybridized carbons (Fsp3) is 0.500. The second-order valence-electron chi connectivity index (χ2n) is 1.59. The van der Waals surface area contributed by atoms with E-state index in [1.54, 1.807) is 0 Å². The van der Waals surface area contributed by atoms with Crippen molar-refractivity contribution >= 4 is 34.4 Å². The molecule has 9 heavy (non-hydrogen) atoms. The first-order valence-corrected chi connectivity index (χ1v) is 4.22. The van der Waals surface area contributed by atoms with Crippen LogP contribution >= 0.6 is 22.5 Å². The lowest BCUT2D eigenvalue weighted by Crippen LogP contribution is -2.06. The van der Waals surface area contributed by atoms with Gasteiger partial charge in [-0.25, -0.2) is 0 Å². The van der Waals surface area contributed by atoms with Gasteiger partial charge in [0, 0.05) is 0 Å². The molecule has 0 aromatic rings. The van der Waals surface area contributed by atoms with Gasteiger partial charge in [-0.2, -0.15) is 0 Å². The van der Waals surface area contributed by atoms with Crippen molar-refractivity contribution in [2.24, 2.45) is 0 Å². The van der Waals surface area contributed by atoms with E-state index in [0.717, 1.165) is 10.8 Å². The van der Waals surface area contributed by atoms with Gasteiger partial charge in [-0.05, 0) is 0 Å². The third kappa shape index (κ3) is 1.40. The van der Waals surface area contributed by atoms with Crippen LogP contribution in [0.3, 0.4) is 0 Å². The van der Waals surface area contributed by atoms with Crippen LogP contribution in [0.2, 0.25) is 0 Å². The predicted octanol–water partition coefficient (Wildman–Crippen LogP) is 0.406. The highest BCUT2D eigenvalue weighted by Gasteiger charge is 2.32. The van der Waals surface area contributed by atoms with Crippen LogP contribution in [0.1, 0.15) is 6.42 Å². The number of ether oxygens (including phenoxy) is 1. The number of carbonyl (C=O) groups is 2. The summed E-state index contributed by atoms with van der Waals surface area (Å²) < 4.78 is 4.22. The summed E-state index contributed by atoms with van der Waals surface area (Å²) in [6.45, 7) is 0. The van der Waals surface area contributed by atoms with E-state index in [1.807, 2.05) is 0 Å². The van der Waals surface area contributed by atoms with Gasteiger partial charge in [0.1, 0.15) is 5.25 Å². The molecular formula is C4H4O3S2. The molecule has 0 saturated carbocycles. The number of rotatable bonds is 1. The summed E-state index contributed by atoms with van der Waals surface area (Å²) in [4.78, 5) is 20.8. The first-order chi connectivity index (χ1) is 4.24. The van der Waals surface area contributed by atoms with E-state index < -0.39 is 11.9 Å². The first kappa shape index (κ1) is 6.95. The van der Waals surface area contributed by atoms with Gasteiger partial charge in [-0.15, -0.1) is 11.7 Å². The minimum Gasteiger partial charge on any atom is -0.392 e. The number of hydrogen-bond acceptors (Lipinski definition) is 5. The smallest absolute Gasteiger partial charge is 0.328 e. The average molecular weight is 164 g/mol. The van der Waals surface area contributed by atoms with E-state index in [9.17, 15) is 9.59 Å². The largest absolute Gasteiger partial charge is 0.392 e. The van der Waals surface area contributed by atoms with Crippen molar-refractivity contribution in [2.45, 2.75) is 11.7 Å². The molecule has 1 aliphatic rings. The van der Waals surface area contributed by atoms with Gasteiger partial charge >= 0.3 is 11.9 Å². The fourth-order valence-electron chi connectivity index (χ4n) is 0.535. The molecule has 5 heteroatoms. The van der Waals surface area contributed by atoms with E-state index in [-0.39, 0.29) is 11.7 Å². The van der Waals surface area contributed by atoms with Gasteiger partial charge in [0.05, 0.1) is 6.42 Å². The fourth-order valence-corrected chi connectivity index (χ4v) is 1.36. The minimum atomic E-state index is -0.472. The Morgan fingerprint density at radius 2 is 2.33 bits per heavy atom. The van der Waals surface area contributed by atoms with Gasteiger partial charge in [0.2, 0.25) is 0 Å². The molecule has 1 heterocycles. The minimum absolute atomic E-state index is 0.160. The molecule has 1 unspecified atom stereocenters. The van der Waals surface area contributed by atoms with Crippen LogP contribution in [0.15, 0.2) is 0 Å². The second kappa shape index (κ2) is 2.62. The van der Waals surface area contributed by atoms with E-state index >= 15 is 0 Å². The molecule has 0 radical (unpaired) electrons. The molecule has 0 bridgehead atoms. The van der Waals surface area contributed by atoms with Crippen molar-refractivity contribution in [1.82, 2.24) is 0 Å². The highest BCUT2D eigenvalue weighted by atomic mass is 33.1. The molecule has 0 spiro atoms. The van der Waals surface area contributed by atoms with Crippen molar-refractivity contribution in [3.05, 3.63) is 0 Å². The zero-order valence-electron chi connectivity index (χ0n) is 4.36. The zero-order valence-corrected chi connectivity index (χ0v) is 6.08. The van der Waals surface area contributed by atoms with Crippen LogP contribution in [-0.4, -0.2) is 17.2 Å². The molecule has 3 nitrogen and oxygen atoms in total. The van der Waals surface area contributed by atoms with E-state index in [4.69, 9.17) is 0 Å². The van der Waals surface area contributed by atoms with Crippen molar-refractivity contribution in [2.75, 3.05) is 0 Å². The lowest BCUT2D eigenvalue weighted by atomic mass is 10.4. The third-order valence-electron chi connectivity index (χ3n) is 0.957. The molecule has 1 rings (SSSR count). The van der Waals surface area contributed by atoms with Crippen LogP contribution in [0.5, 0.6) is 0 Å². The first-order valence-electron chi connectivity index (χ1n) is 2.29. The monoisotopic (exact) mass is 164 g/mol. The topological polar surface area (TPSA) is 43.4 Å². The van der Waals surface area contributed by atoms with E-state index in [0.29, 0.717) is 0 Å². The molecule has 1 atom stereocenters. The summed E-state index contributed by atoms with van der Waals surface area (Å²) in [5.74, 6) is -0.924. The highest BCUT2D eigenvalue weighted by molar-refractivity contribution is 8.69. The Labute approximate surface area is 60.9 Å². The van der Waals surface area contributed by atoms with Crippen LogP contribution in [0.4, 0.5) is 0 Å². The summed E-state index contributed by atoms with van der Waals surface area (Å²) in [7, 11) is 1.04. The van der Waals surface area contributed by atoms with Crippen molar-refractivity contribution < 1.29 is 14.3 Å². The predicted molar refractivity (Wildman–Crippen MR) is 36.1 cm³/mol. The molecule has 0 aliphatic carbocycles. The number of thiol groups is 1. The standard InChI is InChI=1S/C4H4O3S2/c5-3-1-2(9-8)4(6)7-3/h2,8H,1H2. The van der Waals surface area contributed by atoms with Crippen LogP contribution in [-0.2, 0) is 14.3 Å². The maximum absolute atomic E-state index is 10.5. The average Bonchev–Trinajstić information content (AvgIpc) is 2.10. The lowest BCUT2D eigenvalue weighted by molar-refractivity contribution is -0.151. The highest BCUT2D eigenvalue weighted by Crippen LogP contribution is 2.24. The van der Waals surface area contributed by atoms with Crippen LogP contribution < -0.4 is 0 Å². The Balaban J connectivity index is 2.58. The summed E-state index contributed by atoms with van der Waals surface area (Å²) in [5.41, 5.74) is 0. The van der Waals surface area contributed by atoms with Gasteiger partial charge in [-0.1, -0.05) is 10.8 Å². The Kier molecular flexibility index (Phi) is 2.02. The van der Waals surface area contributed by atoms with Crippen molar-refractivity contribution in [1.29, 1.82) is 0 Å². The van der Waals surface area contributed by atoms with Crippen molar-refractivity contribution in [3.8, 4) is 0 Å². The molecule has 1 saturated heterocycles. The van der Waals surface area contributed by atoms with Gasteiger partial charge < -0.3 is 4.74 Å². The number of carbonyl (C=O) groups excluding carboxylic acids is 2. The normalized spacial score (nSPS) is 26.6. The quantitative estimate of drug-likeness (QED) is 0.264. The molecule has 50 valence electrons. The molecule has 0 N–H and O–H groups in total. The van der Waals surface area contributed by atoms with E-state index in [2.05, 4.69) is 16.4 Å². The molecule has 0 amide bonds. The molecule has 1 fully saturated rings. The summed E-state index contributed by atoms with van der Waals surface area (Å²) in [5, 5.41) is -0.388. The van der Waals surface area contributed by atoms with Gasteiger partial charge in [-0.3, -0.25) is 9.59 Å². The maximum atomic E-state index is 10.5. The summed E-state index contributed by atoms with van der Waals surface area (Å²) in [6.07, 6.45) is 0.160. The Morgan fingerprint density at radius 3 is 2.56 bits per heavy atom. The maximum Gasteiger partial charge on any atom is 0.328 e. The second-order valence-corrected chi connectivity index (χ2v) is 3.00. The Bertz CT molecular complexity index is 156. The number of esters is 2. The number of hydrogen-bond donors (Lipinski definition) is 1. The zero-order chi connectivity index (χ0) is 6.85. The Morgan fingerprint density at radius 1 is 1.67 bits per heavy atom. The Hall–Kier alpha value is -0.160. The lowest BCUT2D eigenvalue weighted by Gasteiger charge is -1.92. The molecular weight excluding hydrogens is 160 g/mol. The van der Waals surface area contributed by atoms with Gasteiger partial charge in [0.15, 0.2) is 0 Å². The molecule has 0 aromatic carbocycles. The van der Waals surface area contributed by atoms with E-state index in [1.165, 1.54) is 0 Å². The molecule has 0 aromatic heterocycles. The summed E-state index contributed by atoms with van der Waals surface area (Å²) in [6, 6.07) is 0. The van der Waals surface area contributed by atoms with Crippen molar-refractivity contribution in [3.63, 3.8) is 0 Å². The SMILES string of the molecule is O=C1CC(SS)C(=O)O1. The number of cyclic esters (lactones) is 2. The van der Waals surface area contributed by atoms with Crippen LogP contribution in [0.25, 0.3) is 0 Å². The molecule has 1 aliphatic heterocycles. The third-order valence-corrected chi connectivity index (χ3v) is 2.33. The van der Waals surface area contributed by atoms with Crippen LogP contribution in [0, 0.1) is 0 Å². The summed E-state index contributed by atoms with van der Waals surface area (Å²) >= 11 is 3.78.